The Morgan fingerprint density at radius 1 is 1.20 bits per heavy atom. The van der Waals surface area contributed by atoms with Crippen LogP contribution in [-0.4, -0.2) is 29.9 Å². The number of hydrogen-bond donors (Lipinski definition) is 3. The van der Waals surface area contributed by atoms with Gasteiger partial charge >= 0.3 is 11.8 Å². The minimum absolute atomic E-state index is 0.286. The van der Waals surface area contributed by atoms with E-state index in [2.05, 4.69) is 22.2 Å². The number of H-pyrrole nitrogens is 1. The van der Waals surface area contributed by atoms with Crippen molar-refractivity contribution in [2.24, 2.45) is 0 Å². The maximum atomic E-state index is 11.5. The number of aromatic amines is 1. The largest absolute Gasteiger partial charge is 0.361 e. The summed E-state index contributed by atoms with van der Waals surface area (Å²) in [6.07, 6.45) is 4.12. The van der Waals surface area contributed by atoms with Crippen molar-refractivity contribution in [3.63, 3.8) is 0 Å². The number of hydrogen-bond acceptors (Lipinski definition) is 2. The molecule has 104 valence electrons. The van der Waals surface area contributed by atoms with E-state index in [0.717, 1.165) is 16.5 Å². The molecule has 0 radical (unpaired) electrons. The van der Waals surface area contributed by atoms with Crippen LogP contribution in [0.5, 0.6) is 0 Å². The third kappa shape index (κ3) is 3.26. The lowest BCUT2D eigenvalue weighted by Crippen LogP contribution is -2.40. The zero-order valence-electron chi connectivity index (χ0n) is 11.1. The third-order valence-corrected chi connectivity index (χ3v) is 2.97. The summed E-state index contributed by atoms with van der Waals surface area (Å²) in [4.78, 5) is 26.0. The van der Waals surface area contributed by atoms with Gasteiger partial charge in [-0.1, -0.05) is 24.3 Å². The lowest BCUT2D eigenvalue weighted by molar-refractivity contribution is -0.139. The molecule has 0 bridgehead atoms. The van der Waals surface area contributed by atoms with Gasteiger partial charge < -0.3 is 15.6 Å². The highest BCUT2D eigenvalue weighted by molar-refractivity contribution is 6.35. The average molecular weight is 271 g/mol. The number of para-hydroxylation sites is 1. The normalized spacial score (nSPS) is 10.2. The molecule has 3 N–H and O–H groups in total. The summed E-state index contributed by atoms with van der Waals surface area (Å²) in [5.41, 5.74) is 2.19. The number of carbonyl (C=O) groups excluding carboxylic acids is 2. The molecule has 2 amide bonds. The third-order valence-electron chi connectivity index (χ3n) is 2.97. The highest BCUT2D eigenvalue weighted by Gasteiger charge is 2.11. The molecule has 0 saturated heterocycles. The summed E-state index contributed by atoms with van der Waals surface area (Å²) in [5.74, 6) is -1.25. The van der Waals surface area contributed by atoms with Crippen LogP contribution < -0.4 is 10.6 Å². The first-order valence-electron chi connectivity index (χ1n) is 6.44. The predicted molar refractivity (Wildman–Crippen MR) is 78.2 cm³/mol. The van der Waals surface area contributed by atoms with Gasteiger partial charge in [-0.25, -0.2) is 0 Å². The molecule has 5 heteroatoms. The zero-order chi connectivity index (χ0) is 14.4. The Balaban J connectivity index is 1.85. The fourth-order valence-corrected chi connectivity index (χ4v) is 1.97. The molecule has 0 aliphatic rings. The second-order valence-electron chi connectivity index (χ2n) is 4.36. The van der Waals surface area contributed by atoms with Gasteiger partial charge in [-0.15, -0.1) is 6.58 Å². The van der Waals surface area contributed by atoms with E-state index in [1.807, 2.05) is 30.5 Å². The van der Waals surface area contributed by atoms with Crippen LogP contribution in [0, 0.1) is 0 Å². The first-order chi connectivity index (χ1) is 9.72. The Labute approximate surface area is 117 Å². The molecule has 5 nitrogen and oxygen atoms in total. The Bertz CT molecular complexity index is 631. The number of rotatable bonds is 5. The van der Waals surface area contributed by atoms with Gasteiger partial charge in [-0.05, 0) is 18.1 Å². The summed E-state index contributed by atoms with van der Waals surface area (Å²) >= 11 is 0. The number of nitrogens with one attached hydrogen (secondary N) is 3. The standard InChI is InChI=1S/C15H17N3O2/c1-2-8-16-14(19)15(20)17-9-7-11-10-18-13-6-4-3-5-12(11)13/h2-6,10,18H,1,7-9H2,(H,16,19)(H,17,20). The quantitative estimate of drug-likeness (QED) is 0.563. The maximum absolute atomic E-state index is 11.5. The number of carbonyl (C=O) groups is 2. The van der Waals surface area contributed by atoms with Crippen molar-refractivity contribution < 1.29 is 9.59 Å². The van der Waals surface area contributed by atoms with Gasteiger partial charge in [0.2, 0.25) is 0 Å². The average Bonchev–Trinajstić information content (AvgIpc) is 2.88. The Kier molecular flexibility index (Phi) is 4.55. The number of fused-ring (bicyclic) bond motifs is 1. The highest BCUT2D eigenvalue weighted by Crippen LogP contribution is 2.17. The monoisotopic (exact) mass is 271 g/mol. The zero-order valence-corrected chi connectivity index (χ0v) is 11.1. The van der Waals surface area contributed by atoms with Crippen molar-refractivity contribution in [1.29, 1.82) is 0 Å². The smallest absolute Gasteiger partial charge is 0.309 e. The van der Waals surface area contributed by atoms with Gasteiger partial charge in [0, 0.05) is 30.2 Å². The number of amides is 2. The highest BCUT2D eigenvalue weighted by atomic mass is 16.2. The van der Waals surface area contributed by atoms with Gasteiger partial charge in [0.05, 0.1) is 0 Å². The molecule has 2 aromatic rings. The van der Waals surface area contributed by atoms with Crippen LogP contribution in [0.2, 0.25) is 0 Å². The molecule has 1 heterocycles. The van der Waals surface area contributed by atoms with E-state index in [4.69, 9.17) is 0 Å². The molecule has 0 saturated carbocycles. The maximum Gasteiger partial charge on any atom is 0.309 e. The van der Waals surface area contributed by atoms with Crippen molar-refractivity contribution in [2.75, 3.05) is 13.1 Å². The van der Waals surface area contributed by atoms with Crippen LogP contribution >= 0.6 is 0 Å². The van der Waals surface area contributed by atoms with Gasteiger partial charge in [0.25, 0.3) is 0 Å². The summed E-state index contributed by atoms with van der Waals surface area (Å²) in [6.45, 7) is 4.17. The van der Waals surface area contributed by atoms with Gasteiger partial charge in [0.15, 0.2) is 0 Å². The van der Waals surface area contributed by atoms with Crippen molar-refractivity contribution >= 4 is 22.7 Å². The summed E-state index contributed by atoms with van der Waals surface area (Å²) in [5, 5.41) is 6.16. The lowest BCUT2D eigenvalue weighted by atomic mass is 10.1. The van der Waals surface area contributed by atoms with Crippen LogP contribution in [0.25, 0.3) is 10.9 Å². The first kappa shape index (κ1) is 13.9. The van der Waals surface area contributed by atoms with Crippen LogP contribution in [-0.2, 0) is 16.0 Å². The minimum atomic E-state index is -0.635. The van der Waals surface area contributed by atoms with E-state index in [1.165, 1.54) is 6.08 Å². The summed E-state index contributed by atoms with van der Waals surface area (Å²) in [7, 11) is 0. The Morgan fingerprint density at radius 2 is 1.95 bits per heavy atom. The van der Waals surface area contributed by atoms with Crippen LogP contribution in [0.15, 0.2) is 43.1 Å². The molecule has 2 rings (SSSR count). The topological polar surface area (TPSA) is 74.0 Å². The van der Waals surface area contributed by atoms with Crippen molar-refractivity contribution in [3.05, 3.63) is 48.7 Å². The molecular formula is C15H17N3O2. The van der Waals surface area contributed by atoms with E-state index in [9.17, 15) is 9.59 Å². The fraction of sp³-hybridized carbons (Fsp3) is 0.200. The van der Waals surface area contributed by atoms with E-state index >= 15 is 0 Å². The van der Waals surface area contributed by atoms with Crippen molar-refractivity contribution in [2.45, 2.75) is 6.42 Å². The summed E-state index contributed by atoms with van der Waals surface area (Å²) < 4.78 is 0. The van der Waals surface area contributed by atoms with Crippen molar-refractivity contribution in [1.82, 2.24) is 15.6 Å². The molecule has 0 aliphatic heterocycles. The molecule has 0 fully saturated rings. The SMILES string of the molecule is C=CCNC(=O)C(=O)NCCc1c[nH]c2ccccc12. The molecule has 20 heavy (non-hydrogen) atoms. The summed E-state index contributed by atoms with van der Waals surface area (Å²) in [6, 6.07) is 7.97. The second kappa shape index (κ2) is 6.56. The van der Waals surface area contributed by atoms with Crippen molar-refractivity contribution in [3.8, 4) is 0 Å². The van der Waals surface area contributed by atoms with E-state index < -0.39 is 11.8 Å². The lowest BCUT2D eigenvalue weighted by Gasteiger charge is -2.04. The molecule has 0 aliphatic carbocycles. The Morgan fingerprint density at radius 3 is 2.75 bits per heavy atom. The molecule has 0 spiro atoms. The van der Waals surface area contributed by atoms with Crippen LogP contribution in [0.4, 0.5) is 0 Å². The number of benzene rings is 1. The van der Waals surface area contributed by atoms with E-state index in [1.54, 1.807) is 0 Å². The molecule has 0 unspecified atom stereocenters. The first-order valence-corrected chi connectivity index (χ1v) is 6.44. The Hall–Kier alpha value is -2.56. The van der Waals surface area contributed by atoms with Gasteiger partial charge in [-0.2, -0.15) is 0 Å². The van der Waals surface area contributed by atoms with Gasteiger partial charge in [0.1, 0.15) is 0 Å². The minimum Gasteiger partial charge on any atom is -0.361 e. The van der Waals surface area contributed by atoms with E-state index in [-0.39, 0.29) is 6.54 Å². The number of aromatic nitrogens is 1. The fourth-order valence-electron chi connectivity index (χ4n) is 1.97. The predicted octanol–water partition coefficient (Wildman–Crippen LogP) is 1.13. The van der Waals surface area contributed by atoms with E-state index in [0.29, 0.717) is 13.0 Å². The molecule has 1 aromatic carbocycles. The molecule has 1 aromatic heterocycles. The second-order valence-corrected chi connectivity index (χ2v) is 4.36. The van der Waals surface area contributed by atoms with Crippen LogP contribution in [0.3, 0.4) is 0 Å². The molecule has 0 atom stereocenters. The molecular weight excluding hydrogens is 254 g/mol. The van der Waals surface area contributed by atoms with Crippen LogP contribution in [0.1, 0.15) is 5.56 Å². The van der Waals surface area contributed by atoms with Gasteiger partial charge in [-0.3, -0.25) is 9.59 Å².